The number of amides is 1. The number of piperidine rings is 1. The minimum absolute atomic E-state index is 0.0469. The first-order valence-electron chi connectivity index (χ1n) is 8.84. The lowest BCUT2D eigenvalue weighted by Gasteiger charge is -2.32. The monoisotopic (exact) mass is 360 g/mol. The van der Waals surface area contributed by atoms with Crippen molar-refractivity contribution in [2.75, 3.05) is 13.1 Å². The largest absolute Gasteiger partial charge is 0.478 e. The fraction of sp³-hybridized carbons (Fsp3) is 0.556. The van der Waals surface area contributed by atoms with Gasteiger partial charge in [-0.25, -0.2) is 4.79 Å². The number of hydrogen-bond donors (Lipinski definition) is 1. The van der Waals surface area contributed by atoms with Gasteiger partial charge in [-0.1, -0.05) is 19.0 Å². The molecule has 0 bridgehead atoms. The molecule has 0 unspecified atom stereocenters. The van der Waals surface area contributed by atoms with Crippen LogP contribution < -0.4 is 0 Å². The maximum Gasteiger partial charge on any atom is 0.339 e. The number of nitrogens with zero attached hydrogens (tertiary/aromatic N) is 4. The Kier molecular flexibility index (Phi) is 4.84. The SMILES string of the molecule is Cc1noc(C(C)C)c1C(=O)N1CCC(n2ncc(C(=O)O)c2C)CC1. The molecule has 26 heavy (non-hydrogen) atoms. The average molecular weight is 360 g/mol. The molecule has 0 spiro atoms. The van der Waals surface area contributed by atoms with Gasteiger partial charge in [-0.2, -0.15) is 5.10 Å². The van der Waals surface area contributed by atoms with E-state index in [4.69, 9.17) is 4.52 Å². The number of aromatic carboxylic acids is 1. The van der Waals surface area contributed by atoms with Crippen LogP contribution in [0.25, 0.3) is 0 Å². The summed E-state index contributed by atoms with van der Waals surface area (Å²) in [7, 11) is 0. The third-order valence-corrected chi connectivity index (χ3v) is 5.00. The van der Waals surface area contributed by atoms with Crippen molar-refractivity contribution in [3.8, 4) is 0 Å². The van der Waals surface area contributed by atoms with Crippen LogP contribution in [0.5, 0.6) is 0 Å². The number of likely N-dealkylation sites (tertiary alicyclic amines) is 1. The topological polar surface area (TPSA) is 101 Å². The Morgan fingerprint density at radius 1 is 1.27 bits per heavy atom. The number of rotatable bonds is 4. The van der Waals surface area contributed by atoms with Crippen molar-refractivity contribution in [1.82, 2.24) is 19.8 Å². The van der Waals surface area contributed by atoms with Crippen LogP contribution in [0.1, 0.15) is 76.5 Å². The van der Waals surface area contributed by atoms with Crippen LogP contribution in [0, 0.1) is 13.8 Å². The summed E-state index contributed by atoms with van der Waals surface area (Å²) in [4.78, 5) is 25.9. The fourth-order valence-corrected chi connectivity index (χ4v) is 3.51. The highest BCUT2D eigenvalue weighted by atomic mass is 16.5. The summed E-state index contributed by atoms with van der Waals surface area (Å²) in [5, 5.41) is 17.4. The van der Waals surface area contributed by atoms with Crippen molar-refractivity contribution in [2.45, 2.75) is 52.5 Å². The van der Waals surface area contributed by atoms with E-state index in [1.54, 1.807) is 18.5 Å². The summed E-state index contributed by atoms with van der Waals surface area (Å²) in [6, 6.07) is 0.0975. The molecule has 1 aliphatic rings. The molecule has 1 fully saturated rings. The Bertz CT molecular complexity index is 828. The standard InChI is InChI=1S/C18H24N4O4/c1-10(2)16-15(11(3)20-26-16)17(23)21-7-5-13(6-8-21)22-12(4)14(9-19-22)18(24)25/h9-10,13H,5-8H2,1-4H3,(H,24,25). The van der Waals surface area contributed by atoms with E-state index in [2.05, 4.69) is 10.3 Å². The maximum atomic E-state index is 12.9. The van der Waals surface area contributed by atoms with Crippen LogP contribution >= 0.6 is 0 Å². The second kappa shape index (κ2) is 6.93. The van der Waals surface area contributed by atoms with E-state index >= 15 is 0 Å². The molecular formula is C18H24N4O4. The molecule has 0 aliphatic carbocycles. The van der Waals surface area contributed by atoms with Crippen LogP contribution in [0.3, 0.4) is 0 Å². The lowest BCUT2D eigenvalue weighted by molar-refractivity contribution is 0.0684. The van der Waals surface area contributed by atoms with Gasteiger partial charge in [-0.3, -0.25) is 9.48 Å². The summed E-state index contributed by atoms with van der Waals surface area (Å²) in [5.41, 5.74) is 2.07. The Balaban J connectivity index is 1.72. The minimum Gasteiger partial charge on any atom is -0.478 e. The molecule has 0 aromatic carbocycles. The highest BCUT2D eigenvalue weighted by Gasteiger charge is 2.31. The molecule has 140 valence electrons. The zero-order chi connectivity index (χ0) is 19.0. The van der Waals surface area contributed by atoms with Gasteiger partial charge in [-0.05, 0) is 26.7 Å². The van der Waals surface area contributed by atoms with Crippen LogP contribution in [-0.4, -0.2) is 49.9 Å². The number of aryl methyl sites for hydroxylation is 1. The first-order valence-corrected chi connectivity index (χ1v) is 8.84. The van der Waals surface area contributed by atoms with E-state index in [1.165, 1.54) is 6.20 Å². The van der Waals surface area contributed by atoms with Gasteiger partial charge in [0, 0.05) is 19.0 Å². The third kappa shape index (κ3) is 3.11. The molecule has 2 aromatic heterocycles. The second-order valence-corrected chi connectivity index (χ2v) is 7.08. The van der Waals surface area contributed by atoms with E-state index in [1.807, 2.05) is 18.7 Å². The predicted molar refractivity (Wildman–Crippen MR) is 93.4 cm³/mol. The summed E-state index contributed by atoms with van der Waals surface area (Å²) in [6.45, 7) is 8.69. The van der Waals surface area contributed by atoms with Gasteiger partial charge in [-0.15, -0.1) is 0 Å². The van der Waals surface area contributed by atoms with E-state index in [9.17, 15) is 14.7 Å². The molecule has 3 heterocycles. The van der Waals surface area contributed by atoms with Gasteiger partial charge < -0.3 is 14.5 Å². The Labute approximate surface area is 151 Å². The van der Waals surface area contributed by atoms with E-state index in [0.29, 0.717) is 35.8 Å². The molecule has 1 amide bonds. The van der Waals surface area contributed by atoms with Gasteiger partial charge in [0.25, 0.3) is 5.91 Å². The molecule has 0 saturated carbocycles. The van der Waals surface area contributed by atoms with Crippen molar-refractivity contribution in [3.63, 3.8) is 0 Å². The van der Waals surface area contributed by atoms with Crippen molar-refractivity contribution in [2.24, 2.45) is 0 Å². The molecule has 3 rings (SSSR count). The number of aromatic nitrogens is 3. The highest BCUT2D eigenvalue weighted by Crippen LogP contribution is 2.28. The molecule has 0 radical (unpaired) electrons. The Hall–Kier alpha value is -2.64. The number of hydrogen-bond acceptors (Lipinski definition) is 5. The van der Waals surface area contributed by atoms with Gasteiger partial charge >= 0.3 is 5.97 Å². The van der Waals surface area contributed by atoms with Gasteiger partial charge in [0.2, 0.25) is 0 Å². The second-order valence-electron chi connectivity index (χ2n) is 7.08. The summed E-state index contributed by atoms with van der Waals surface area (Å²) >= 11 is 0. The van der Waals surface area contributed by atoms with Crippen molar-refractivity contribution < 1.29 is 19.2 Å². The van der Waals surface area contributed by atoms with Crippen LogP contribution in [-0.2, 0) is 0 Å². The minimum atomic E-state index is -0.967. The van der Waals surface area contributed by atoms with E-state index < -0.39 is 5.97 Å². The zero-order valence-corrected chi connectivity index (χ0v) is 15.5. The van der Waals surface area contributed by atoms with Gasteiger partial charge in [0.05, 0.1) is 23.6 Å². The quantitative estimate of drug-likeness (QED) is 0.899. The highest BCUT2D eigenvalue weighted by molar-refractivity contribution is 5.96. The number of carbonyl (C=O) groups excluding carboxylic acids is 1. The molecule has 2 aromatic rings. The smallest absolute Gasteiger partial charge is 0.339 e. The molecular weight excluding hydrogens is 336 g/mol. The van der Waals surface area contributed by atoms with Crippen LogP contribution in [0.4, 0.5) is 0 Å². The van der Waals surface area contributed by atoms with Crippen LogP contribution in [0.15, 0.2) is 10.7 Å². The molecule has 8 heteroatoms. The van der Waals surface area contributed by atoms with E-state index in [-0.39, 0.29) is 23.4 Å². The van der Waals surface area contributed by atoms with Gasteiger partial charge in [0.15, 0.2) is 5.76 Å². The van der Waals surface area contributed by atoms with Crippen LogP contribution in [0.2, 0.25) is 0 Å². The zero-order valence-electron chi connectivity index (χ0n) is 15.5. The third-order valence-electron chi connectivity index (χ3n) is 5.00. The molecule has 1 saturated heterocycles. The molecule has 0 atom stereocenters. The van der Waals surface area contributed by atoms with Crippen molar-refractivity contribution >= 4 is 11.9 Å². The average Bonchev–Trinajstić information content (AvgIpc) is 3.17. The first-order chi connectivity index (χ1) is 12.3. The fourth-order valence-electron chi connectivity index (χ4n) is 3.51. The summed E-state index contributed by atoms with van der Waals surface area (Å²) in [5.74, 6) is -0.294. The first kappa shape index (κ1) is 18.2. The summed E-state index contributed by atoms with van der Waals surface area (Å²) in [6.07, 6.45) is 2.86. The number of carboxylic acid groups (broad SMARTS) is 1. The summed E-state index contributed by atoms with van der Waals surface area (Å²) < 4.78 is 7.11. The predicted octanol–water partition coefficient (Wildman–Crippen LogP) is 2.79. The molecule has 1 aliphatic heterocycles. The maximum absolute atomic E-state index is 12.9. The van der Waals surface area contributed by atoms with Gasteiger partial charge in [0.1, 0.15) is 11.1 Å². The lowest BCUT2D eigenvalue weighted by Crippen LogP contribution is -2.40. The molecule has 8 nitrogen and oxygen atoms in total. The Morgan fingerprint density at radius 2 is 1.92 bits per heavy atom. The number of carbonyl (C=O) groups is 2. The number of carboxylic acids is 1. The Morgan fingerprint density at radius 3 is 2.46 bits per heavy atom. The molecule has 1 N–H and O–H groups in total. The normalized spacial score (nSPS) is 15.7. The lowest BCUT2D eigenvalue weighted by atomic mass is 10.0. The van der Waals surface area contributed by atoms with Crippen molar-refractivity contribution in [3.05, 3.63) is 34.5 Å². The van der Waals surface area contributed by atoms with Crippen molar-refractivity contribution in [1.29, 1.82) is 0 Å². The van der Waals surface area contributed by atoms with E-state index in [0.717, 1.165) is 12.8 Å².